The van der Waals surface area contributed by atoms with Crippen molar-refractivity contribution >= 4 is 0 Å². The minimum atomic E-state index is 0.735. The third-order valence-electron chi connectivity index (χ3n) is 3.10. The summed E-state index contributed by atoms with van der Waals surface area (Å²) in [4.78, 5) is 2.53. The first-order valence-electron chi connectivity index (χ1n) is 5.70. The molecule has 0 spiro atoms. The molecule has 1 fully saturated rings. The van der Waals surface area contributed by atoms with Crippen LogP contribution in [0.1, 0.15) is 18.9 Å². The fraction of sp³-hybridized carbons (Fsp3) is 0.538. The Labute approximate surface area is 91.9 Å². The van der Waals surface area contributed by atoms with E-state index in [1.807, 2.05) is 12.1 Å². The fourth-order valence-electron chi connectivity index (χ4n) is 1.99. The first-order chi connectivity index (χ1) is 7.33. The largest absolute Gasteiger partial charge is 0.497 e. The van der Waals surface area contributed by atoms with Crippen LogP contribution in [0, 0.1) is 0 Å². The van der Waals surface area contributed by atoms with Crippen LogP contribution in [0.3, 0.4) is 0 Å². The molecule has 1 aliphatic heterocycles. The Morgan fingerprint density at radius 1 is 1.27 bits per heavy atom. The molecule has 2 nitrogen and oxygen atoms in total. The van der Waals surface area contributed by atoms with Crippen LogP contribution in [0.15, 0.2) is 24.3 Å². The molecule has 0 N–H and O–H groups in total. The molecule has 1 heterocycles. The van der Waals surface area contributed by atoms with Gasteiger partial charge in [-0.05, 0) is 30.5 Å². The predicted molar refractivity (Wildman–Crippen MR) is 62.4 cm³/mol. The number of rotatable bonds is 5. The van der Waals surface area contributed by atoms with Gasteiger partial charge >= 0.3 is 0 Å². The molecule has 82 valence electrons. The maximum Gasteiger partial charge on any atom is 0.118 e. The Bertz CT molecular complexity index is 303. The van der Waals surface area contributed by atoms with E-state index in [1.165, 1.54) is 31.5 Å². The summed E-state index contributed by atoms with van der Waals surface area (Å²) < 4.78 is 5.15. The third-order valence-corrected chi connectivity index (χ3v) is 3.10. The number of hydrogen-bond donors (Lipinski definition) is 0. The lowest BCUT2D eigenvalue weighted by atomic mass is 10.0. The number of benzene rings is 1. The Kier molecular flexibility index (Phi) is 3.27. The van der Waals surface area contributed by atoms with E-state index in [1.54, 1.807) is 7.11 Å². The summed E-state index contributed by atoms with van der Waals surface area (Å²) in [5.41, 5.74) is 1.41. The highest BCUT2D eigenvalue weighted by atomic mass is 16.5. The highest BCUT2D eigenvalue weighted by Gasteiger charge is 2.25. The second kappa shape index (κ2) is 4.67. The number of ether oxygens (including phenoxy) is 1. The van der Waals surface area contributed by atoms with Gasteiger partial charge in [-0.1, -0.05) is 19.1 Å². The highest BCUT2D eigenvalue weighted by Crippen LogP contribution is 2.19. The van der Waals surface area contributed by atoms with Crippen LogP contribution in [0.4, 0.5) is 0 Å². The molecule has 1 aromatic carbocycles. The molecule has 2 heteroatoms. The molecule has 1 aromatic rings. The van der Waals surface area contributed by atoms with Gasteiger partial charge in [0.25, 0.3) is 0 Å². The molecule has 0 aromatic heterocycles. The van der Waals surface area contributed by atoms with Crippen molar-refractivity contribution in [2.75, 3.05) is 20.2 Å². The van der Waals surface area contributed by atoms with Crippen LogP contribution < -0.4 is 4.74 Å². The van der Waals surface area contributed by atoms with Gasteiger partial charge < -0.3 is 4.74 Å². The van der Waals surface area contributed by atoms with E-state index in [0.29, 0.717) is 0 Å². The van der Waals surface area contributed by atoms with E-state index in [2.05, 4.69) is 24.0 Å². The van der Waals surface area contributed by atoms with Crippen LogP contribution >= 0.6 is 0 Å². The van der Waals surface area contributed by atoms with Crippen molar-refractivity contribution in [1.82, 2.24) is 4.90 Å². The first-order valence-corrected chi connectivity index (χ1v) is 5.70. The minimum Gasteiger partial charge on any atom is -0.497 e. The smallest absolute Gasteiger partial charge is 0.118 e. The van der Waals surface area contributed by atoms with Crippen molar-refractivity contribution in [3.05, 3.63) is 29.8 Å². The monoisotopic (exact) mass is 205 g/mol. The summed E-state index contributed by atoms with van der Waals surface area (Å²) in [7, 11) is 1.71. The SMILES string of the molecule is CC[C@@H](Cc1ccc(OC)cc1)N1CC1. The fourth-order valence-corrected chi connectivity index (χ4v) is 1.99. The van der Waals surface area contributed by atoms with Crippen molar-refractivity contribution in [3.63, 3.8) is 0 Å². The third kappa shape index (κ3) is 2.72. The standard InChI is InChI=1S/C13H19NO/c1-3-12(14-8-9-14)10-11-4-6-13(15-2)7-5-11/h4-7,12H,3,8-10H2,1-2H3/t12-/m0/s1. The van der Waals surface area contributed by atoms with Crippen molar-refractivity contribution < 1.29 is 4.74 Å². The van der Waals surface area contributed by atoms with Crippen LogP contribution in [0.5, 0.6) is 5.75 Å². The van der Waals surface area contributed by atoms with E-state index in [0.717, 1.165) is 11.8 Å². The highest BCUT2D eigenvalue weighted by molar-refractivity contribution is 5.27. The van der Waals surface area contributed by atoms with Crippen molar-refractivity contribution in [3.8, 4) is 5.75 Å². The maximum atomic E-state index is 5.15. The molecular formula is C13H19NO. The summed E-state index contributed by atoms with van der Waals surface area (Å²) >= 11 is 0. The number of hydrogen-bond acceptors (Lipinski definition) is 2. The maximum absolute atomic E-state index is 5.15. The van der Waals surface area contributed by atoms with Gasteiger partial charge in [-0.2, -0.15) is 0 Å². The molecule has 15 heavy (non-hydrogen) atoms. The molecule has 0 radical (unpaired) electrons. The number of nitrogens with zero attached hydrogens (tertiary/aromatic N) is 1. The molecule has 2 rings (SSSR count). The van der Waals surface area contributed by atoms with Gasteiger partial charge in [-0.25, -0.2) is 0 Å². The second-order valence-electron chi connectivity index (χ2n) is 4.15. The average Bonchev–Trinajstić information content (AvgIpc) is 3.10. The Morgan fingerprint density at radius 2 is 1.93 bits per heavy atom. The van der Waals surface area contributed by atoms with Crippen molar-refractivity contribution in [2.45, 2.75) is 25.8 Å². The average molecular weight is 205 g/mol. The molecule has 1 aliphatic rings. The van der Waals surface area contributed by atoms with Crippen LogP contribution in [0.2, 0.25) is 0 Å². The lowest BCUT2D eigenvalue weighted by molar-refractivity contribution is 0.384. The Balaban J connectivity index is 1.96. The van der Waals surface area contributed by atoms with Crippen LogP contribution in [-0.2, 0) is 6.42 Å². The van der Waals surface area contributed by atoms with E-state index < -0.39 is 0 Å². The Morgan fingerprint density at radius 3 is 2.40 bits per heavy atom. The lowest BCUT2D eigenvalue weighted by Gasteiger charge is -2.15. The molecule has 1 saturated heterocycles. The van der Waals surface area contributed by atoms with Crippen molar-refractivity contribution in [2.24, 2.45) is 0 Å². The molecule has 0 amide bonds. The normalized spacial score (nSPS) is 17.5. The zero-order valence-electron chi connectivity index (χ0n) is 9.57. The van der Waals surface area contributed by atoms with Gasteiger partial charge in [0.2, 0.25) is 0 Å². The van der Waals surface area contributed by atoms with E-state index in [9.17, 15) is 0 Å². The summed E-state index contributed by atoms with van der Waals surface area (Å²) in [5, 5.41) is 0. The van der Waals surface area contributed by atoms with Gasteiger partial charge in [-0.15, -0.1) is 0 Å². The minimum absolute atomic E-state index is 0.735. The number of methoxy groups -OCH3 is 1. The predicted octanol–water partition coefficient (Wildman–Crippen LogP) is 2.33. The van der Waals surface area contributed by atoms with E-state index in [4.69, 9.17) is 4.74 Å². The van der Waals surface area contributed by atoms with Crippen LogP contribution in [-0.4, -0.2) is 31.1 Å². The topological polar surface area (TPSA) is 12.2 Å². The molecular weight excluding hydrogens is 186 g/mol. The van der Waals surface area contributed by atoms with Crippen LogP contribution in [0.25, 0.3) is 0 Å². The summed E-state index contributed by atoms with van der Waals surface area (Å²) in [6, 6.07) is 9.17. The van der Waals surface area contributed by atoms with E-state index in [-0.39, 0.29) is 0 Å². The quantitative estimate of drug-likeness (QED) is 0.684. The summed E-state index contributed by atoms with van der Waals surface area (Å²) in [6.07, 6.45) is 2.41. The van der Waals surface area contributed by atoms with Gasteiger partial charge in [0, 0.05) is 19.1 Å². The van der Waals surface area contributed by atoms with E-state index >= 15 is 0 Å². The molecule has 1 atom stereocenters. The van der Waals surface area contributed by atoms with Gasteiger partial charge in [0.1, 0.15) is 5.75 Å². The zero-order chi connectivity index (χ0) is 10.7. The second-order valence-corrected chi connectivity index (χ2v) is 4.15. The summed E-state index contributed by atoms with van der Waals surface area (Å²) in [5.74, 6) is 0.943. The molecule has 0 saturated carbocycles. The lowest BCUT2D eigenvalue weighted by Crippen LogP contribution is -2.20. The Hall–Kier alpha value is -1.02. The van der Waals surface area contributed by atoms with Crippen molar-refractivity contribution in [1.29, 1.82) is 0 Å². The van der Waals surface area contributed by atoms with Gasteiger partial charge in [0.15, 0.2) is 0 Å². The van der Waals surface area contributed by atoms with Gasteiger partial charge in [-0.3, -0.25) is 4.90 Å². The summed E-state index contributed by atoms with van der Waals surface area (Å²) in [6.45, 7) is 4.84. The molecule has 0 aliphatic carbocycles. The van der Waals surface area contributed by atoms with Gasteiger partial charge in [0.05, 0.1) is 7.11 Å². The zero-order valence-corrected chi connectivity index (χ0v) is 9.57. The first kappa shape index (κ1) is 10.5. The molecule has 0 unspecified atom stereocenters. The molecule has 0 bridgehead atoms.